The lowest BCUT2D eigenvalue weighted by molar-refractivity contribution is -0.139. The highest BCUT2D eigenvalue weighted by Gasteiger charge is 2.30. The van der Waals surface area contributed by atoms with Gasteiger partial charge >= 0.3 is 0 Å². The molecule has 2 aromatic rings. The molecule has 0 heterocycles. The highest BCUT2D eigenvalue weighted by molar-refractivity contribution is 7.92. The summed E-state index contributed by atoms with van der Waals surface area (Å²) in [5, 5.41) is 4.05. The Morgan fingerprint density at radius 3 is 2.12 bits per heavy atom. The number of halogens is 3. The second-order valence-electron chi connectivity index (χ2n) is 8.00. The van der Waals surface area contributed by atoms with Gasteiger partial charge in [0.25, 0.3) is 0 Å². The Kier molecular flexibility index (Phi) is 10.1. The molecule has 0 saturated heterocycles. The predicted octanol–water partition coefficient (Wildman–Crippen LogP) is 4.74. The molecule has 0 aliphatic rings. The van der Waals surface area contributed by atoms with Gasteiger partial charge in [-0.25, -0.2) is 8.42 Å². The molecule has 34 heavy (non-hydrogen) atoms. The average Bonchev–Trinajstić information content (AvgIpc) is 2.76. The van der Waals surface area contributed by atoms with Gasteiger partial charge in [0.2, 0.25) is 21.8 Å². The molecule has 0 saturated carbocycles. The number of hydrogen-bond acceptors (Lipinski definition) is 4. The zero-order valence-electron chi connectivity index (χ0n) is 19.4. The van der Waals surface area contributed by atoms with Gasteiger partial charge in [0, 0.05) is 27.7 Å². The molecule has 2 aromatic carbocycles. The summed E-state index contributed by atoms with van der Waals surface area (Å²) in [5.74, 6) is -0.927. The summed E-state index contributed by atoms with van der Waals surface area (Å²) in [6.45, 7) is 4.86. The van der Waals surface area contributed by atoms with Crippen LogP contribution in [0.15, 0.2) is 42.5 Å². The fourth-order valence-electron chi connectivity index (χ4n) is 3.10. The van der Waals surface area contributed by atoms with Gasteiger partial charge in [-0.2, -0.15) is 0 Å². The Morgan fingerprint density at radius 1 is 1.00 bits per heavy atom. The van der Waals surface area contributed by atoms with Crippen molar-refractivity contribution in [3.8, 4) is 0 Å². The molecule has 0 unspecified atom stereocenters. The number of sulfonamides is 1. The number of hydrogen-bond donors (Lipinski definition) is 1. The van der Waals surface area contributed by atoms with Crippen molar-refractivity contribution >= 4 is 62.3 Å². The Balaban J connectivity index is 2.41. The van der Waals surface area contributed by atoms with Crippen LogP contribution in [-0.4, -0.2) is 50.0 Å². The maximum atomic E-state index is 13.5. The molecule has 0 aromatic heterocycles. The summed E-state index contributed by atoms with van der Waals surface area (Å²) in [6.07, 6.45) is 1.72. The third-order valence-corrected chi connectivity index (χ3v) is 7.30. The molecule has 0 bridgehead atoms. The molecule has 0 fully saturated rings. The Hall–Kier alpha value is -2.00. The average molecular weight is 549 g/mol. The molecular formula is C23H28Cl3N3O4S. The van der Waals surface area contributed by atoms with E-state index in [4.69, 9.17) is 34.8 Å². The van der Waals surface area contributed by atoms with E-state index in [1.807, 2.05) is 13.8 Å². The van der Waals surface area contributed by atoms with E-state index in [0.717, 1.165) is 10.6 Å². The van der Waals surface area contributed by atoms with Gasteiger partial charge in [0.1, 0.15) is 12.6 Å². The molecule has 2 amide bonds. The Labute approximate surface area is 216 Å². The van der Waals surface area contributed by atoms with Gasteiger partial charge in [-0.1, -0.05) is 47.8 Å². The van der Waals surface area contributed by atoms with Crippen molar-refractivity contribution < 1.29 is 18.0 Å². The van der Waals surface area contributed by atoms with Gasteiger partial charge in [-0.15, -0.1) is 0 Å². The van der Waals surface area contributed by atoms with E-state index in [1.165, 1.54) is 29.2 Å². The molecule has 2 atom stereocenters. The quantitative estimate of drug-likeness (QED) is 0.464. The highest BCUT2D eigenvalue weighted by atomic mass is 35.5. The van der Waals surface area contributed by atoms with Crippen molar-refractivity contribution in [1.82, 2.24) is 10.2 Å². The summed E-state index contributed by atoms with van der Waals surface area (Å²) >= 11 is 18.2. The smallest absolute Gasteiger partial charge is 0.244 e. The molecule has 7 nitrogen and oxygen atoms in total. The largest absolute Gasteiger partial charge is 0.352 e. The standard InChI is InChI=1S/C23H28Cl3N3O4S/c1-5-15(2)27-23(31)16(3)28(13-17-6-7-19(25)12-21(17)26)22(30)14-29(34(4,32)33)20-10-8-18(24)9-11-20/h6-12,15-16H,5,13-14H2,1-4H3,(H,27,31)/t15-,16+/m1/s1. The first-order chi connectivity index (χ1) is 15.8. The molecule has 186 valence electrons. The van der Waals surface area contributed by atoms with Crippen molar-refractivity contribution in [2.45, 2.75) is 45.8 Å². The molecule has 11 heteroatoms. The topological polar surface area (TPSA) is 86.8 Å². The lowest BCUT2D eigenvalue weighted by Crippen LogP contribution is -2.52. The maximum absolute atomic E-state index is 13.5. The molecule has 0 spiro atoms. The predicted molar refractivity (Wildman–Crippen MR) is 138 cm³/mol. The minimum atomic E-state index is -3.82. The molecule has 0 aliphatic heterocycles. The van der Waals surface area contributed by atoms with Crippen LogP contribution in [0, 0.1) is 0 Å². The number of benzene rings is 2. The summed E-state index contributed by atoms with van der Waals surface area (Å²) in [4.78, 5) is 27.6. The third kappa shape index (κ3) is 7.77. The zero-order valence-corrected chi connectivity index (χ0v) is 22.5. The first-order valence-electron chi connectivity index (χ1n) is 10.6. The lowest BCUT2D eigenvalue weighted by atomic mass is 10.1. The maximum Gasteiger partial charge on any atom is 0.244 e. The molecule has 1 N–H and O–H groups in total. The van der Waals surface area contributed by atoms with E-state index in [2.05, 4.69) is 5.32 Å². The van der Waals surface area contributed by atoms with E-state index in [-0.39, 0.29) is 24.2 Å². The van der Waals surface area contributed by atoms with E-state index in [1.54, 1.807) is 25.1 Å². The third-order valence-electron chi connectivity index (χ3n) is 5.32. The van der Waals surface area contributed by atoms with Crippen molar-refractivity contribution in [3.63, 3.8) is 0 Å². The second-order valence-corrected chi connectivity index (χ2v) is 11.2. The number of anilines is 1. The number of nitrogens with one attached hydrogen (secondary N) is 1. The van der Waals surface area contributed by atoms with Crippen molar-refractivity contribution in [2.24, 2.45) is 0 Å². The molecular weight excluding hydrogens is 521 g/mol. The van der Waals surface area contributed by atoms with Crippen molar-refractivity contribution in [3.05, 3.63) is 63.1 Å². The number of carbonyl (C=O) groups excluding carboxylic acids is 2. The van der Waals surface area contributed by atoms with Crippen LogP contribution < -0.4 is 9.62 Å². The Bertz CT molecular complexity index is 1130. The van der Waals surface area contributed by atoms with Crippen LogP contribution in [0.2, 0.25) is 15.1 Å². The van der Waals surface area contributed by atoms with Crippen molar-refractivity contribution in [1.29, 1.82) is 0 Å². The van der Waals surface area contributed by atoms with E-state index < -0.39 is 28.5 Å². The molecule has 0 aliphatic carbocycles. The van der Waals surface area contributed by atoms with Crippen LogP contribution in [0.1, 0.15) is 32.8 Å². The van der Waals surface area contributed by atoms with Crippen LogP contribution in [0.4, 0.5) is 5.69 Å². The minimum Gasteiger partial charge on any atom is -0.352 e. The van der Waals surface area contributed by atoms with Crippen LogP contribution in [0.5, 0.6) is 0 Å². The SMILES string of the molecule is CC[C@@H](C)NC(=O)[C@H](C)N(Cc1ccc(Cl)cc1Cl)C(=O)CN(c1ccc(Cl)cc1)S(C)(=O)=O. The lowest BCUT2D eigenvalue weighted by Gasteiger charge is -2.32. The first-order valence-corrected chi connectivity index (χ1v) is 13.6. The van der Waals surface area contributed by atoms with Gasteiger partial charge in [0.05, 0.1) is 11.9 Å². The zero-order chi connectivity index (χ0) is 25.6. The van der Waals surface area contributed by atoms with E-state index in [9.17, 15) is 18.0 Å². The van der Waals surface area contributed by atoms with Gasteiger partial charge in [-0.3, -0.25) is 13.9 Å². The van der Waals surface area contributed by atoms with Crippen LogP contribution >= 0.6 is 34.8 Å². The second kappa shape index (κ2) is 12.1. The van der Waals surface area contributed by atoms with Gasteiger partial charge in [-0.05, 0) is 62.2 Å². The van der Waals surface area contributed by atoms with E-state index >= 15 is 0 Å². The number of amides is 2. The normalized spacial score (nSPS) is 13.1. The van der Waals surface area contributed by atoms with Gasteiger partial charge in [0.15, 0.2) is 0 Å². The number of carbonyl (C=O) groups is 2. The first kappa shape index (κ1) is 28.2. The molecule has 2 rings (SSSR count). The van der Waals surface area contributed by atoms with Gasteiger partial charge < -0.3 is 10.2 Å². The minimum absolute atomic E-state index is 0.0118. The summed E-state index contributed by atoms with van der Waals surface area (Å²) in [6, 6.07) is 9.95. The van der Waals surface area contributed by atoms with Crippen LogP contribution in [0.3, 0.4) is 0 Å². The fourth-order valence-corrected chi connectivity index (χ4v) is 4.55. The summed E-state index contributed by atoms with van der Waals surface area (Å²) in [7, 11) is -3.82. The monoisotopic (exact) mass is 547 g/mol. The summed E-state index contributed by atoms with van der Waals surface area (Å²) in [5.41, 5.74) is 0.849. The fraction of sp³-hybridized carbons (Fsp3) is 0.391. The van der Waals surface area contributed by atoms with Crippen molar-refractivity contribution in [2.75, 3.05) is 17.1 Å². The van der Waals surface area contributed by atoms with Crippen LogP contribution in [-0.2, 0) is 26.2 Å². The Morgan fingerprint density at radius 2 is 1.59 bits per heavy atom. The number of rotatable bonds is 10. The summed E-state index contributed by atoms with van der Waals surface area (Å²) < 4.78 is 26.0. The highest BCUT2D eigenvalue weighted by Crippen LogP contribution is 2.25. The van der Waals surface area contributed by atoms with E-state index in [0.29, 0.717) is 27.1 Å². The number of nitrogens with zero attached hydrogens (tertiary/aromatic N) is 2. The van der Waals surface area contributed by atoms with Crippen LogP contribution in [0.25, 0.3) is 0 Å². The molecule has 0 radical (unpaired) electrons.